The summed E-state index contributed by atoms with van der Waals surface area (Å²) in [6.07, 6.45) is 2.43. The average molecular weight is 325 g/mol. The molecule has 0 radical (unpaired) electrons. The number of pyridine rings is 1. The third-order valence-corrected chi connectivity index (χ3v) is 3.45. The summed E-state index contributed by atoms with van der Waals surface area (Å²) in [7, 11) is 0. The van der Waals surface area contributed by atoms with Gasteiger partial charge in [-0.1, -0.05) is 15.9 Å². The van der Waals surface area contributed by atoms with Crippen LogP contribution in [0, 0.1) is 5.82 Å². The molecule has 0 aliphatic rings. The summed E-state index contributed by atoms with van der Waals surface area (Å²) in [5.74, 6) is -0.689. The molecule has 2 unspecified atom stereocenters. The number of aliphatic hydroxyl groups excluding tert-OH is 1. The van der Waals surface area contributed by atoms with E-state index in [1.54, 1.807) is 30.6 Å². The van der Waals surface area contributed by atoms with Crippen LogP contribution in [0.15, 0.2) is 47.2 Å². The topological polar surface area (TPSA) is 59.1 Å². The maximum atomic E-state index is 13.4. The van der Waals surface area contributed by atoms with Crippen LogP contribution in [0.3, 0.4) is 0 Å². The van der Waals surface area contributed by atoms with Gasteiger partial charge in [-0.15, -0.1) is 0 Å². The summed E-state index contributed by atoms with van der Waals surface area (Å²) in [6, 6.07) is 7.96. The summed E-state index contributed by atoms with van der Waals surface area (Å²) in [4.78, 5) is 3.93. The predicted molar refractivity (Wildman–Crippen MR) is 75.1 cm³/mol. The van der Waals surface area contributed by atoms with E-state index in [1.807, 2.05) is 0 Å². The highest BCUT2D eigenvalue weighted by molar-refractivity contribution is 9.10. The molecule has 0 aliphatic heterocycles. The van der Waals surface area contributed by atoms with Crippen molar-refractivity contribution in [2.45, 2.75) is 12.0 Å². The molecule has 100 valence electrons. The molecule has 19 heavy (non-hydrogen) atoms. The lowest BCUT2D eigenvalue weighted by atomic mass is 9.90. The number of hydrogen-bond acceptors (Lipinski definition) is 3. The first-order valence-electron chi connectivity index (χ1n) is 5.86. The molecular weight excluding hydrogens is 311 g/mol. The van der Waals surface area contributed by atoms with E-state index in [1.165, 1.54) is 12.1 Å². The molecule has 1 heterocycles. The van der Waals surface area contributed by atoms with Crippen molar-refractivity contribution in [1.29, 1.82) is 0 Å². The van der Waals surface area contributed by atoms with Crippen molar-refractivity contribution in [3.8, 4) is 0 Å². The highest BCUT2D eigenvalue weighted by Crippen LogP contribution is 2.31. The molecule has 1 aromatic carbocycles. The zero-order valence-electron chi connectivity index (χ0n) is 10.1. The van der Waals surface area contributed by atoms with Crippen LogP contribution < -0.4 is 5.73 Å². The molecule has 2 rings (SSSR count). The summed E-state index contributed by atoms with van der Waals surface area (Å²) in [6.45, 7) is 0.263. The predicted octanol–water partition coefficient (Wildman–Crippen LogP) is 2.76. The molecule has 0 bridgehead atoms. The van der Waals surface area contributed by atoms with Crippen LogP contribution >= 0.6 is 15.9 Å². The van der Waals surface area contributed by atoms with E-state index in [2.05, 4.69) is 20.9 Å². The molecular formula is C14H14BrFN2O. The summed E-state index contributed by atoms with van der Waals surface area (Å²) in [5.41, 5.74) is 7.11. The first-order chi connectivity index (χ1) is 9.11. The molecule has 0 saturated carbocycles. The van der Waals surface area contributed by atoms with E-state index in [0.717, 1.165) is 5.56 Å². The van der Waals surface area contributed by atoms with Crippen molar-refractivity contribution < 1.29 is 9.50 Å². The zero-order chi connectivity index (χ0) is 13.8. The van der Waals surface area contributed by atoms with Crippen LogP contribution in [0.5, 0.6) is 0 Å². The van der Waals surface area contributed by atoms with Gasteiger partial charge >= 0.3 is 0 Å². The fraction of sp³-hybridized carbons (Fsp3) is 0.214. The lowest BCUT2D eigenvalue weighted by Gasteiger charge is -2.22. The number of aliphatic hydroxyl groups is 1. The van der Waals surface area contributed by atoms with E-state index in [0.29, 0.717) is 10.0 Å². The average Bonchev–Trinajstić information content (AvgIpc) is 2.39. The third-order valence-electron chi connectivity index (χ3n) is 3.00. The molecule has 1 aromatic heterocycles. The van der Waals surface area contributed by atoms with E-state index >= 15 is 0 Å². The van der Waals surface area contributed by atoms with Crippen LogP contribution in [-0.2, 0) is 0 Å². The lowest BCUT2D eigenvalue weighted by Crippen LogP contribution is -2.20. The van der Waals surface area contributed by atoms with Gasteiger partial charge in [-0.3, -0.25) is 4.98 Å². The zero-order valence-corrected chi connectivity index (χ0v) is 11.7. The van der Waals surface area contributed by atoms with Crippen LogP contribution in [0.4, 0.5) is 4.39 Å². The Morgan fingerprint density at radius 3 is 2.47 bits per heavy atom. The first-order valence-corrected chi connectivity index (χ1v) is 6.65. The van der Waals surface area contributed by atoms with Crippen LogP contribution in [0.25, 0.3) is 0 Å². The Morgan fingerprint density at radius 2 is 1.89 bits per heavy atom. The third kappa shape index (κ3) is 3.37. The second kappa shape index (κ2) is 6.23. The molecule has 0 amide bonds. The van der Waals surface area contributed by atoms with Gasteiger partial charge in [0.2, 0.25) is 0 Å². The van der Waals surface area contributed by atoms with Crippen molar-refractivity contribution in [3.63, 3.8) is 0 Å². The number of nitrogens with zero attached hydrogens (tertiary/aromatic N) is 1. The molecule has 0 fully saturated rings. The van der Waals surface area contributed by atoms with Crippen molar-refractivity contribution in [2.75, 3.05) is 6.54 Å². The largest absolute Gasteiger partial charge is 0.388 e. The minimum atomic E-state index is -0.862. The molecule has 0 spiro atoms. The highest BCUT2D eigenvalue weighted by Gasteiger charge is 2.22. The highest BCUT2D eigenvalue weighted by atomic mass is 79.9. The van der Waals surface area contributed by atoms with Gasteiger partial charge in [0.15, 0.2) is 0 Å². The van der Waals surface area contributed by atoms with Crippen LogP contribution in [-0.4, -0.2) is 16.6 Å². The number of benzene rings is 1. The first kappa shape index (κ1) is 14.1. The summed E-state index contributed by atoms with van der Waals surface area (Å²) < 4.78 is 14.0. The van der Waals surface area contributed by atoms with Crippen LogP contribution in [0.1, 0.15) is 23.1 Å². The summed E-state index contributed by atoms with van der Waals surface area (Å²) >= 11 is 3.22. The van der Waals surface area contributed by atoms with Crippen molar-refractivity contribution in [1.82, 2.24) is 4.98 Å². The molecule has 3 N–H and O–H groups in total. The van der Waals surface area contributed by atoms with Gasteiger partial charge < -0.3 is 10.8 Å². The fourth-order valence-electron chi connectivity index (χ4n) is 2.04. The standard InChI is InChI=1S/C14H14BrFN2O/c15-11-5-10(6-12(16)7-11)14(19)13(8-17)9-1-3-18-4-2-9/h1-7,13-14,19H,8,17H2. The normalized spacial score (nSPS) is 14.1. The van der Waals surface area contributed by atoms with Gasteiger partial charge in [-0.2, -0.15) is 0 Å². The molecule has 2 aromatic rings. The number of halogens is 2. The van der Waals surface area contributed by atoms with Crippen molar-refractivity contribution in [3.05, 3.63) is 64.1 Å². The van der Waals surface area contributed by atoms with E-state index < -0.39 is 11.9 Å². The molecule has 0 saturated heterocycles. The van der Waals surface area contributed by atoms with Gasteiger partial charge in [0.25, 0.3) is 0 Å². The smallest absolute Gasteiger partial charge is 0.124 e. The Bertz CT molecular complexity index is 530. The molecule has 3 nitrogen and oxygen atoms in total. The van der Waals surface area contributed by atoms with Gasteiger partial charge in [-0.05, 0) is 41.5 Å². The van der Waals surface area contributed by atoms with Gasteiger partial charge in [-0.25, -0.2) is 4.39 Å². The fourth-order valence-corrected chi connectivity index (χ4v) is 2.52. The Labute approximate surface area is 119 Å². The van der Waals surface area contributed by atoms with Crippen LogP contribution in [0.2, 0.25) is 0 Å². The Morgan fingerprint density at radius 1 is 1.21 bits per heavy atom. The number of rotatable bonds is 4. The Kier molecular flexibility index (Phi) is 4.63. The summed E-state index contributed by atoms with van der Waals surface area (Å²) in [5, 5.41) is 10.4. The van der Waals surface area contributed by atoms with Gasteiger partial charge in [0.05, 0.1) is 6.10 Å². The molecule has 0 aliphatic carbocycles. The Hall–Kier alpha value is -1.30. The van der Waals surface area contributed by atoms with Gasteiger partial charge in [0.1, 0.15) is 5.82 Å². The van der Waals surface area contributed by atoms with E-state index in [4.69, 9.17) is 5.73 Å². The van der Waals surface area contributed by atoms with E-state index in [9.17, 15) is 9.50 Å². The molecule has 5 heteroatoms. The second-order valence-electron chi connectivity index (χ2n) is 4.27. The number of nitrogens with two attached hydrogens (primary N) is 1. The monoisotopic (exact) mass is 324 g/mol. The SMILES string of the molecule is NCC(c1ccncc1)C(O)c1cc(F)cc(Br)c1. The minimum Gasteiger partial charge on any atom is -0.388 e. The number of aromatic nitrogens is 1. The minimum absolute atomic E-state index is 0.263. The second-order valence-corrected chi connectivity index (χ2v) is 5.19. The van der Waals surface area contributed by atoms with E-state index in [-0.39, 0.29) is 12.5 Å². The lowest BCUT2D eigenvalue weighted by molar-refractivity contribution is 0.147. The number of hydrogen-bond donors (Lipinski definition) is 2. The van der Waals surface area contributed by atoms with Crippen molar-refractivity contribution in [2.24, 2.45) is 5.73 Å². The van der Waals surface area contributed by atoms with Gasteiger partial charge in [0, 0.05) is 29.3 Å². The molecule has 2 atom stereocenters. The maximum Gasteiger partial charge on any atom is 0.124 e. The van der Waals surface area contributed by atoms with Crippen molar-refractivity contribution >= 4 is 15.9 Å². The maximum absolute atomic E-state index is 13.4. The quantitative estimate of drug-likeness (QED) is 0.909. The Balaban J connectivity index is 2.33.